The molecule has 0 amide bonds. The van der Waals surface area contributed by atoms with Gasteiger partial charge >= 0.3 is 0 Å². The van der Waals surface area contributed by atoms with E-state index in [2.05, 4.69) is 10.4 Å². The molecule has 2 fully saturated rings. The number of rotatable bonds is 2. The Morgan fingerprint density at radius 2 is 2.26 bits per heavy atom. The van der Waals surface area contributed by atoms with Gasteiger partial charge in [0, 0.05) is 12.0 Å². The number of hydrogen-bond donors (Lipinski definition) is 1. The maximum atomic E-state index is 6.46. The van der Waals surface area contributed by atoms with Gasteiger partial charge in [-0.3, -0.25) is 0 Å². The van der Waals surface area contributed by atoms with Gasteiger partial charge in [-0.05, 0) is 50.0 Å². The van der Waals surface area contributed by atoms with Crippen LogP contribution < -0.4 is 5.73 Å². The van der Waals surface area contributed by atoms with E-state index in [4.69, 9.17) is 10.5 Å². The second-order valence-corrected chi connectivity index (χ2v) is 8.00. The van der Waals surface area contributed by atoms with Gasteiger partial charge in [-0.1, -0.05) is 0 Å². The van der Waals surface area contributed by atoms with E-state index in [1.807, 2.05) is 18.7 Å². The maximum Gasteiger partial charge on any atom is 0.0898 e. The zero-order valence-corrected chi connectivity index (χ0v) is 13.1. The predicted octanol–water partition coefficient (Wildman–Crippen LogP) is 3.14. The Balaban J connectivity index is 1.70. The van der Waals surface area contributed by atoms with E-state index in [-0.39, 0.29) is 11.6 Å². The van der Waals surface area contributed by atoms with Crippen molar-refractivity contribution in [2.75, 3.05) is 18.1 Å². The van der Waals surface area contributed by atoms with Crippen molar-refractivity contribution in [1.29, 1.82) is 0 Å². The van der Waals surface area contributed by atoms with Gasteiger partial charge in [0.1, 0.15) is 0 Å². The van der Waals surface area contributed by atoms with Crippen LogP contribution in [-0.4, -0.2) is 28.7 Å². The number of nitrogens with zero attached hydrogens (tertiary/aromatic N) is 1. The normalized spacial score (nSPS) is 28.4. The third-order valence-electron chi connectivity index (χ3n) is 4.42. The van der Waals surface area contributed by atoms with Gasteiger partial charge in [-0.25, -0.2) is 4.98 Å². The van der Waals surface area contributed by atoms with Gasteiger partial charge in [0.15, 0.2) is 0 Å². The molecule has 3 rings (SSSR count). The fourth-order valence-corrected chi connectivity index (χ4v) is 5.13. The van der Waals surface area contributed by atoms with Crippen LogP contribution in [0.25, 0.3) is 0 Å². The molecule has 1 spiro atoms. The Labute approximate surface area is 123 Å². The molecule has 2 aliphatic heterocycles. The molecule has 5 heteroatoms. The first-order valence-corrected chi connectivity index (χ1v) is 9.11. The molecule has 0 radical (unpaired) electrons. The largest absolute Gasteiger partial charge is 0.375 e. The zero-order chi connectivity index (χ0) is 13.3. The van der Waals surface area contributed by atoms with E-state index in [1.165, 1.54) is 24.3 Å². The molecule has 0 aromatic carbocycles. The molecular weight excluding hydrogens is 276 g/mol. The van der Waals surface area contributed by atoms with Crippen molar-refractivity contribution < 1.29 is 4.74 Å². The van der Waals surface area contributed by atoms with E-state index in [0.717, 1.165) is 30.2 Å². The second kappa shape index (κ2) is 5.72. The van der Waals surface area contributed by atoms with Crippen LogP contribution in [0.15, 0.2) is 5.38 Å². The maximum absolute atomic E-state index is 6.46. The summed E-state index contributed by atoms with van der Waals surface area (Å²) < 4.78 is 6.14. The van der Waals surface area contributed by atoms with Gasteiger partial charge in [-0.15, -0.1) is 11.3 Å². The van der Waals surface area contributed by atoms with Crippen LogP contribution in [0, 0.1) is 12.8 Å². The summed E-state index contributed by atoms with van der Waals surface area (Å²) in [5.41, 5.74) is 7.66. The summed E-state index contributed by atoms with van der Waals surface area (Å²) in [4.78, 5) is 4.57. The third-order valence-corrected chi connectivity index (χ3v) is 6.20. The van der Waals surface area contributed by atoms with Gasteiger partial charge in [0.05, 0.1) is 22.3 Å². The first kappa shape index (κ1) is 13.9. The van der Waals surface area contributed by atoms with E-state index in [9.17, 15) is 0 Å². The Morgan fingerprint density at radius 1 is 1.47 bits per heavy atom. The van der Waals surface area contributed by atoms with Gasteiger partial charge in [0.2, 0.25) is 0 Å². The third kappa shape index (κ3) is 2.99. The highest BCUT2D eigenvalue weighted by molar-refractivity contribution is 7.99. The number of aryl methyl sites for hydroxylation is 1. The lowest BCUT2D eigenvalue weighted by Gasteiger charge is -2.44. The SMILES string of the molecule is Cc1nc(C(N)C2CCOC3(CCSCC3)C2)cs1. The molecule has 3 heterocycles. The number of ether oxygens (including phenoxy) is 1. The summed E-state index contributed by atoms with van der Waals surface area (Å²) in [5, 5.41) is 3.24. The van der Waals surface area contributed by atoms with Crippen molar-refractivity contribution in [3.63, 3.8) is 0 Å². The molecule has 3 nitrogen and oxygen atoms in total. The summed E-state index contributed by atoms with van der Waals surface area (Å²) in [6, 6.07) is 0.0836. The molecule has 2 N–H and O–H groups in total. The lowest BCUT2D eigenvalue weighted by molar-refractivity contribution is -0.106. The van der Waals surface area contributed by atoms with Crippen molar-refractivity contribution in [3.8, 4) is 0 Å². The standard InChI is InChI=1S/C14H22N2OS2/c1-10-16-12(9-19-10)13(15)11-2-5-17-14(8-11)3-6-18-7-4-14/h9,11,13H,2-8,15H2,1H3. The smallest absolute Gasteiger partial charge is 0.0898 e. The zero-order valence-electron chi connectivity index (χ0n) is 11.4. The summed E-state index contributed by atoms with van der Waals surface area (Å²) >= 11 is 3.75. The van der Waals surface area contributed by atoms with E-state index in [0.29, 0.717) is 5.92 Å². The molecule has 2 aliphatic rings. The Hall–Kier alpha value is -0.100. The minimum absolute atomic E-state index is 0.0836. The topological polar surface area (TPSA) is 48.1 Å². The summed E-state index contributed by atoms with van der Waals surface area (Å²) in [6.07, 6.45) is 4.58. The van der Waals surface area contributed by atoms with E-state index in [1.54, 1.807) is 11.3 Å². The lowest BCUT2D eigenvalue weighted by atomic mass is 9.78. The van der Waals surface area contributed by atoms with Crippen LogP contribution in [0.1, 0.15) is 42.4 Å². The monoisotopic (exact) mass is 298 g/mol. The highest BCUT2D eigenvalue weighted by atomic mass is 32.2. The molecular formula is C14H22N2OS2. The Kier molecular flexibility index (Phi) is 4.17. The minimum atomic E-state index is 0.0836. The molecule has 0 saturated carbocycles. The number of nitrogens with two attached hydrogens (primary N) is 1. The van der Waals surface area contributed by atoms with E-state index >= 15 is 0 Å². The molecule has 2 unspecified atom stereocenters. The molecule has 1 aromatic rings. The predicted molar refractivity (Wildman–Crippen MR) is 81.7 cm³/mol. The van der Waals surface area contributed by atoms with Gasteiger partial charge in [-0.2, -0.15) is 11.8 Å². The molecule has 106 valence electrons. The average molecular weight is 298 g/mol. The Morgan fingerprint density at radius 3 is 2.95 bits per heavy atom. The molecule has 1 aromatic heterocycles. The van der Waals surface area contributed by atoms with Crippen molar-refractivity contribution in [2.45, 2.75) is 44.2 Å². The quantitative estimate of drug-likeness (QED) is 0.911. The van der Waals surface area contributed by atoms with Gasteiger partial charge < -0.3 is 10.5 Å². The van der Waals surface area contributed by atoms with Crippen molar-refractivity contribution in [2.24, 2.45) is 11.7 Å². The number of aromatic nitrogens is 1. The average Bonchev–Trinajstić information content (AvgIpc) is 2.85. The van der Waals surface area contributed by atoms with Crippen molar-refractivity contribution in [1.82, 2.24) is 4.98 Å². The van der Waals surface area contributed by atoms with Crippen molar-refractivity contribution >= 4 is 23.1 Å². The fraction of sp³-hybridized carbons (Fsp3) is 0.786. The summed E-state index contributed by atoms with van der Waals surface area (Å²) in [7, 11) is 0. The van der Waals surface area contributed by atoms with Crippen LogP contribution in [0.4, 0.5) is 0 Å². The van der Waals surface area contributed by atoms with Gasteiger partial charge in [0.25, 0.3) is 0 Å². The fourth-order valence-electron chi connectivity index (χ4n) is 3.24. The highest BCUT2D eigenvalue weighted by Crippen LogP contribution is 2.42. The molecule has 19 heavy (non-hydrogen) atoms. The molecule has 0 aliphatic carbocycles. The molecule has 2 atom stereocenters. The molecule has 2 saturated heterocycles. The second-order valence-electron chi connectivity index (χ2n) is 5.71. The summed E-state index contributed by atoms with van der Waals surface area (Å²) in [5.74, 6) is 2.99. The van der Waals surface area contributed by atoms with Crippen molar-refractivity contribution in [3.05, 3.63) is 16.1 Å². The first-order chi connectivity index (χ1) is 9.19. The van der Waals surface area contributed by atoms with Crippen LogP contribution >= 0.6 is 23.1 Å². The van der Waals surface area contributed by atoms with Crippen LogP contribution in [0.3, 0.4) is 0 Å². The number of thioether (sulfide) groups is 1. The van der Waals surface area contributed by atoms with Crippen LogP contribution in [-0.2, 0) is 4.74 Å². The number of thiazole rings is 1. The highest BCUT2D eigenvalue weighted by Gasteiger charge is 2.40. The van der Waals surface area contributed by atoms with Crippen LogP contribution in [0.5, 0.6) is 0 Å². The number of hydrogen-bond acceptors (Lipinski definition) is 5. The summed E-state index contributed by atoms with van der Waals surface area (Å²) in [6.45, 7) is 2.91. The van der Waals surface area contributed by atoms with Crippen LogP contribution in [0.2, 0.25) is 0 Å². The van der Waals surface area contributed by atoms with E-state index < -0.39 is 0 Å². The lowest BCUT2D eigenvalue weighted by Crippen LogP contribution is -2.45. The minimum Gasteiger partial charge on any atom is -0.375 e. The Bertz CT molecular complexity index is 423. The first-order valence-electron chi connectivity index (χ1n) is 7.08. The molecule has 0 bridgehead atoms.